The number of urea groups is 1. The summed E-state index contributed by atoms with van der Waals surface area (Å²) in [6.07, 6.45) is -1.58. The van der Waals surface area contributed by atoms with Crippen molar-refractivity contribution >= 4 is 24.2 Å². The van der Waals surface area contributed by atoms with Crippen LogP contribution in [-0.4, -0.2) is 89.5 Å². The molecule has 0 spiro atoms. The van der Waals surface area contributed by atoms with Crippen molar-refractivity contribution in [1.82, 2.24) is 19.6 Å². The van der Waals surface area contributed by atoms with E-state index in [1.54, 1.807) is 67.6 Å². The van der Waals surface area contributed by atoms with Crippen LogP contribution >= 0.6 is 0 Å². The molecule has 2 aromatic rings. The number of benzene rings is 2. The van der Waals surface area contributed by atoms with Gasteiger partial charge in [0, 0.05) is 14.1 Å². The second-order valence-electron chi connectivity index (χ2n) is 12.2. The third-order valence-electron chi connectivity index (χ3n) is 5.97. The quantitative estimate of drug-likeness (QED) is 0.316. The Kier molecular flexibility index (Phi) is 10.5. The largest absolute Gasteiger partial charge is 0.497 e. The monoisotopic (exact) mass is 597 g/mol. The van der Waals surface area contributed by atoms with E-state index in [9.17, 15) is 14.4 Å². The fraction of sp³-hybridized carbons (Fsp3) is 0.484. The molecule has 234 valence electrons. The first kappa shape index (κ1) is 33.0. The highest BCUT2D eigenvalue weighted by Gasteiger charge is 2.35. The molecule has 43 heavy (non-hydrogen) atoms. The van der Waals surface area contributed by atoms with Gasteiger partial charge in [0.1, 0.15) is 29.3 Å². The van der Waals surface area contributed by atoms with Crippen LogP contribution in [-0.2, 0) is 22.6 Å². The lowest BCUT2D eigenvalue weighted by Crippen LogP contribution is -2.60. The SMILES string of the molecule is COc1ccc(OCc2ccc(CN(C(=O)OC(C)(C)C)C(=NC(=O)OC(C)(C)C)N3CN(C)C(=O)N(C)C3)cc2)cc1. The second kappa shape index (κ2) is 13.7. The average Bonchev–Trinajstić information content (AvgIpc) is 2.91. The lowest BCUT2D eigenvalue weighted by Gasteiger charge is -2.42. The molecule has 12 heteroatoms. The first-order valence-corrected chi connectivity index (χ1v) is 13.9. The summed E-state index contributed by atoms with van der Waals surface area (Å²) in [5.74, 6) is 1.45. The molecule has 1 heterocycles. The Morgan fingerprint density at radius 3 is 1.84 bits per heavy atom. The van der Waals surface area contributed by atoms with Crippen molar-refractivity contribution in [3.05, 3.63) is 59.7 Å². The van der Waals surface area contributed by atoms with Crippen molar-refractivity contribution in [2.24, 2.45) is 4.99 Å². The molecule has 0 bridgehead atoms. The predicted molar refractivity (Wildman–Crippen MR) is 162 cm³/mol. The molecule has 1 fully saturated rings. The van der Waals surface area contributed by atoms with Crippen molar-refractivity contribution < 1.29 is 33.3 Å². The van der Waals surface area contributed by atoms with Gasteiger partial charge in [-0.1, -0.05) is 24.3 Å². The molecule has 0 aliphatic carbocycles. The number of aliphatic imine (C=N–C) groups is 1. The highest BCUT2D eigenvalue weighted by Crippen LogP contribution is 2.21. The standard InChI is InChI=1S/C31H43N5O7/c1-30(2,3)42-27(37)32-26(35-20-33(7)28(38)34(8)21-35)36(29(39)43-31(4,5)6)18-22-10-12-23(13-11-22)19-41-25-16-14-24(40-9)15-17-25/h10-17H,18-21H2,1-9H3. The van der Waals surface area contributed by atoms with Gasteiger partial charge < -0.3 is 33.6 Å². The van der Waals surface area contributed by atoms with E-state index in [0.29, 0.717) is 12.4 Å². The summed E-state index contributed by atoms with van der Waals surface area (Å²) < 4.78 is 22.3. The van der Waals surface area contributed by atoms with E-state index in [4.69, 9.17) is 18.9 Å². The summed E-state index contributed by atoms with van der Waals surface area (Å²) in [6.45, 7) is 11.0. The Balaban J connectivity index is 1.91. The molecule has 4 amide bonds. The zero-order valence-corrected chi connectivity index (χ0v) is 26.5. The number of hydrogen-bond acceptors (Lipinski definition) is 7. The summed E-state index contributed by atoms with van der Waals surface area (Å²) in [5, 5.41) is 0. The number of guanidine groups is 1. The van der Waals surface area contributed by atoms with E-state index >= 15 is 0 Å². The molecule has 2 aromatic carbocycles. The molecule has 1 aliphatic rings. The lowest BCUT2D eigenvalue weighted by atomic mass is 10.1. The van der Waals surface area contributed by atoms with Crippen LogP contribution < -0.4 is 9.47 Å². The van der Waals surface area contributed by atoms with E-state index in [2.05, 4.69) is 4.99 Å². The fourth-order valence-corrected chi connectivity index (χ4v) is 4.06. The Morgan fingerprint density at radius 1 is 0.814 bits per heavy atom. The van der Waals surface area contributed by atoms with Crippen LogP contribution in [0.4, 0.5) is 14.4 Å². The van der Waals surface area contributed by atoms with Gasteiger partial charge in [0.05, 0.1) is 27.0 Å². The van der Waals surface area contributed by atoms with Gasteiger partial charge in [0.2, 0.25) is 5.96 Å². The number of carbonyl (C=O) groups is 3. The van der Waals surface area contributed by atoms with Crippen LogP contribution in [0.3, 0.4) is 0 Å². The molecule has 3 rings (SSSR count). The number of rotatable bonds is 6. The zero-order chi connectivity index (χ0) is 31.9. The van der Waals surface area contributed by atoms with Crippen LogP contribution in [0.15, 0.2) is 53.5 Å². The van der Waals surface area contributed by atoms with E-state index in [0.717, 1.165) is 16.9 Å². The minimum Gasteiger partial charge on any atom is -0.497 e. The Morgan fingerprint density at radius 2 is 1.33 bits per heavy atom. The van der Waals surface area contributed by atoms with Gasteiger partial charge >= 0.3 is 18.2 Å². The molecule has 1 aliphatic heterocycles. The molecule has 0 saturated carbocycles. The molecule has 0 atom stereocenters. The third-order valence-corrected chi connectivity index (χ3v) is 5.97. The number of ether oxygens (including phenoxy) is 4. The molecular weight excluding hydrogens is 554 g/mol. The van der Waals surface area contributed by atoms with Gasteiger partial charge in [-0.15, -0.1) is 4.99 Å². The summed E-state index contributed by atoms with van der Waals surface area (Å²) in [4.78, 5) is 49.1. The molecule has 0 N–H and O–H groups in total. The second-order valence-corrected chi connectivity index (χ2v) is 12.2. The van der Waals surface area contributed by atoms with Gasteiger partial charge in [-0.05, 0) is 76.9 Å². The Hall–Kier alpha value is -4.48. The van der Waals surface area contributed by atoms with Crippen molar-refractivity contribution in [2.75, 3.05) is 34.5 Å². The predicted octanol–water partition coefficient (Wildman–Crippen LogP) is 5.52. The summed E-state index contributed by atoms with van der Waals surface area (Å²) in [5.41, 5.74) is 0.0486. The zero-order valence-electron chi connectivity index (χ0n) is 26.5. The lowest BCUT2D eigenvalue weighted by molar-refractivity contribution is 0.0300. The highest BCUT2D eigenvalue weighted by atomic mass is 16.6. The summed E-state index contributed by atoms with van der Waals surface area (Å²) in [7, 11) is 4.86. The number of carbonyl (C=O) groups excluding carboxylic acids is 3. The van der Waals surface area contributed by atoms with Gasteiger partial charge in [0.15, 0.2) is 0 Å². The number of methoxy groups -OCH3 is 1. The van der Waals surface area contributed by atoms with Crippen LogP contribution in [0.2, 0.25) is 0 Å². The minimum absolute atomic E-state index is 0.00150. The first-order chi connectivity index (χ1) is 20.0. The van der Waals surface area contributed by atoms with E-state index in [-0.39, 0.29) is 31.9 Å². The third kappa shape index (κ3) is 10.1. The van der Waals surface area contributed by atoms with Gasteiger partial charge in [-0.25, -0.2) is 19.3 Å². The molecule has 0 aromatic heterocycles. The maximum Gasteiger partial charge on any atom is 0.437 e. The van der Waals surface area contributed by atoms with Gasteiger partial charge in [0.25, 0.3) is 0 Å². The molecule has 1 saturated heterocycles. The highest BCUT2D eigenvalue weighted by molar-refractivity contribution is 5.99. The maximum absolute atomic E-state index is 13.6. The fourth-order valence-electron chi connectivity index (χ4n) is 4.06. The molecular formula is C31H43N5O7. The van der Waals surface area contributed by atoms with Crippen LogP contribution in [0, 0.1) is 0 Å². The Labute approximate surface area is 253 Å². The van der Waals surface area contributed by atoms with Crippen molar-refractivity contribution in [1.29, 1.82) is 0 Å². The van der Waals surface area contributed by atoms with E-state index in [1.807, 2.05) is 48.5 Å². The van der Waals surface area contributed by atoms with Gasteiger partial charge in [-0.3, -0.25) is 0 Å². The Bertz CT molecular complexity index is 1280. The normalized spacial score (nSPS) is 14.4. The van der Waals surface area contributed by atoms with Gasteiger partial charge in [-0.2, -0.15) is 0 Å². The minimum atomic E-state index is -0.871. The van der Waals surface area contributed by atoms with Crippen LogP contribution in [0.25, 0.3) is 0 Å². The topological polar surface area (TPSA) is 113 Å². The smallest absolute Gasteiger partial charge is 0.437 e. The van der Waals surface area contributed by atoms with Crippen molar-refractivity contribution in [2.45, 2.75) is 65.9 Å². The number of amides is 4. The summed E-state index contributed by atoms with van der Waals surface area (Å²) in [6, 6.07) is 14.7. The molecule has 12 nitrogen and oxygen atoms in total. The van der Waals surface area contributed by atoms with Crippen molar-refractivity contribution in [3.8, 4) is 11.5 Å². The van der Waals surface area contributed by atoms with Crippen LogP contribution in [0.1, 0.15) is 52.7 Å². The molecule has 0 radical (unpaired) electrons. The maximum atomic E-state index is 13.6. The van der Waals surface area contributed by atoms with E-state index in [1.165, 1.54) is 14.7 Å². The summed E-state index contributed by atoms with van der Waals surface area (Å²) >= 11 is 0. The van der Waals surface area contributed by atoms with E-state index < -0.39 is 23.4 Å². The van der Waals surface area contributed by atoms with Crippen molar-refractivity contribution in [3.63, 3.8) is 0 Å². The first-order valence-electron chi connectivity index (χ1n) is 13.9. The number of nitrogens with zero attached hydrogens (tertiary/aromatic N) is 5. The number of hydrogen-bond donors (Lipinski definition) is 0. The van der Waals surface area contributed by atoms with Crippen LogP contribution in [0.5, 0.6) is 11.5 Å². The molecule has 0 unspecified atom stereocenters. The average molecular weight is 598 g/mol.